The molecule has 1 aliphatic rings. The summed E-state index contributed by atoms with van der Waals surface area (Å²) in [5.41, 5.74) is 5.02. The molecule has 1 saturated heterocycles. The van der Waals surface area contributed by atoms with Crippen LogP contribution in [0.15, 0.2) is 0 Å². The maximum atomic E-state index is 12.9. The number of hydrogen-bond donors (Lipinski definition) is 3. The number of piperidine rings is 1. The SMILES string of the molecule is CC(C)N1CCC(c2c(Cl)sc(C(=O)O)c2CC(F)(F)F)CC1.NCCS(=O)(=O)O. The monoisotopic (exact) mass is 494 g/mol. The summed E-state index contributed by atoms with van der Waals surface area (Å²) in [5, 5.41) is 9.19. The molecule has 0 bridgehead atoms. The van der Waals surface area contributed by atoms with E-state index in [0.717, 1.165) is 24.4 Å². The normalized spacial score (nSPS) is 16.4. The molecule has 0 saturated carbocycles. The molecule has 0 aliphatic carbocycles. The van der Waals surface area contributed by atoms with Crippen LogP contribution in [-0.2, 0) is 16.5 Å². The van der Waals surface area contributed by atoms with Gasteiger partial charge in [-0.25, -0.2) is 4.79 Å². The lowest BCUT2D eigenvalue weighted by Gasteiger charge is -2.35. The smallest absolute Gasteiger partial charge is 0.393 e. The van der Waals surface area contributed by atoms with Crippen molar-refractivity contribution in [2.24, 2.45) is 5.73 Å². The zero-order valence-electron chi connectivity index (χ0n) is 16.6. The van der Waals surface area contributed by atoms with Crippen molar-refractivity contribution < 1.29 is 36.0 Å². The summed E-state index contributed by atoms with van der Waals surface area (Å²) in [7, 11) is -3.80. The molecule has 7 nitrogen and oxygen atoms in total. The minimum atomic E-state index is -4.46. The Bertz CT molecular complexity index is 820. The Labute approximate surface area is 182 Å². The number of carboxylic acid groups (broad SMARTS) is 1. The highest BCUT2D eigenvalue weighted by Gasteiger charge is 2.36. The molecule has 0 atom stereocenters. The van der Waals surface area contributed by atoms with Crippen molar-refractivity contribution in [2.75, 3.05) is 25.4 Å². The Kier molecular flexibility index (Phi) is 10.0. The number of nitrogens with zero attached hydrogens (tertiary/aromatic N) is 1. The molecular formula is C17H26ClF3N2O5S2. The van der Waals surface area contributed by atoms with Crippen LogP contribution in [0.25, 0.3) is 0 Å². The van der Waals surface area contributed by atoms with Gasteiger partial charge in [0.15, 0.2) is 0 Å². The van der Waals surface area contributed by atoms with Gasteiger partial charge >= 0.3 is 12.1 Å². The van der Waals surface area contributed by atoms with Crippen LogP contribution in [0.1, 0.15) is 53.4 Å². The zero-order chi connectivity index (χ0) is 23.3. The van der Waals surface area contributed by atoms with E-state index in [2.05, 4.69) is 18.7 Å². The number of carbonyl (C=O) groups is 1. The second kappa shape index (κ2) is 11.1. The molecule has 2 rings (SSSR count). The number of nitrogens with two attached hydrogens (primary N) is 1. The quantitative estimate of drug-likeness (QED) is 0.516. The van der Waals surface area contributed by atoms with E-state index in [1.54, 1.807) is 0 Å². The van der Waals surface area contributed by atoms with Crippen LogP contribution in [0.2, 0.25) is 4.34 Å². The van der Waals surface area contributed by atoms with Crippen LogP contribution in [0.5, 0.6) is 0 Å². The number of likely N-dealkylation sites (tertiary alicyclic amines) is 1. The first kappa shape index (κ1) is 27.1. The van der Waals surface area contributed by atoms with E-state index >= 15 is 0 Å². The lowest BCUT2D eigenvalue weighted by Crippen LogP contribution is -2.38. The average molecular weight is 495 g/mol. The third-order valence-electron chi connectivity index (χ3n) is 4.62. The molecule has 0 unspecified atom stereocenters. The Balaban J connectivity index is 0.000000553. The summed E-state index contributed by atoms with van der Waals surface area (Å²) >= 11 is 6.87. The van der Waals surface area contributed by atoms with Gasteiger partial charge in [-0.2, -0.15) is 21.6 Å². The number of hydrogen-bond acceptors (Lipinski definition) is 6. The van der Waals surface area contributed by atoms with Crippen LogP contribution in [0, 0.1) is 0 Å². The molecule has 1 fully saturated rings. The molecule has 1 aromatic heterocycles. The van der Waals surface area contributed by atoms with Gasteiger partial charge in [0.25, 0.3) is 10.1 Å². The Morgan fingerprint density at radius 2 is 1.87 bits per heavy atom. The lowest BCUT2D eigenvalue weighted by atomic mass is 9.87. The van der Waals surface area contributed by atoms with E-state index in [0.29, 0.717) is 24.4 Å². The topological polar surface area (TPSA) is 121 Å². The fraction of sp³-hybridized carbons (Fsp3) is 0.706. The van der Waals surface area contributed by atoms with Gasteiger partial charge in [0.2, 0.25) is 0 Å². The van der Waals surface area contributed by atoms with E-state index in [9.17, 15) is 31.5 Å². The number of alkyl halides is 3. The zero-order valence-corrected chi connectivity index (χ0v) is 19.0. The van der Waals surface area contributed by atoms with Gasteiger partial charge in [-0.3, -0.25) is 4.55 Å². The van der Waals surface area contributed by atoms with E-state index in [-0.39, 0.29) is 33.0 Å². The Morgan fingerprint density at radius 1 is 1.33 bits per heavy atom. The maximum Gasteiger partial charge on any atom is 0.393 e. The first-order valence-corrected chi connectivity index (χ1v) is 12.0. The highest BCUT2D eigenvalue weighted by molar-refractivity contribution is 7.85. The maximum absolute atomic E-state index is 12.9. The predicted octanol–water partition coefficient (Wildman–Crippen LogP) is 3.63. The highest BCUT2D eigenvalue weighted by atomic mass is 35.5. The van der Waals surface area contributed by atoms with Crippen molar-refractivity contribution >= 4 is 39.0 Å². The van der Waals surface area contributed by atoms with Crippen LogP contribution in [-0.4, -0.2) is 66.6 Å². The molecule has 2 heterocycles. The first-order chi connectivity index (χ1) is 13.7. The number of rotatable bonds is 6. The van der Waals surface area contributed by atoms with Crippen LogP contribution in [0.3, 0.4) is 0 Å². The minimum Gasteiger partial charge on any atom is -0.477 e. The average Bonchev–Trinajstić information content (AvgIpc) is 2.89. The molecular weight excluding hydrogens is 469 g/mol. The lowest BCUT2D eigenvalue weighted by molar-refractivity contribution is -0.127. The van der Waals surface area contributed by atoms with E-state index in [1.165, 1.54) is 0 Å². The number of carboxylic acids is 1. The molecule has 0 spiro atoms. The van der Waals surface area contributed by atoms with Gasteiger partial charge < -0.3 is 15.7 Å². The fourth-order valence-electron chi connectivity index (χ4n) is 3.26. The molecule has 4 N–H and O–H groups in total. The van der Waals surface area contributed by atoms with Crippen molar-refractivity contribution in [1.82, 2.24) is 4.90 Å². The van der Waals surface area contributed by atoms with Crippen molar-refractivity contribution in [1.29, 1.82) is 0 Å². The highest BCUT2D eigenvalue weighted by Crippen LogP contribution is 2.44. The van der Waals surface area contributed by atoms with E-state index in [1.807, 2.05) is 0 Å². The molecule has 0 radical (unpaired) electrons. The molecule has 13 heteroatoms. The van der Waals surface area contributed by atoms with Gasteiger partial charge in [-0.05, 0) is 56.8 Å². The number of thiophene rings is 1. The third kappa shape index (κ3) is 8.67. The molecule has 30 heavy (non-hydrogen) atoms. The number of aromatic carboxylic acids is 1. The summed E-state index contributed by atoms with van der Waals surface area (Å²) in [6, 6.07) is 0.387. The van der Waals surface area contributed by atoms with E-state index < -0.39 is 28.7 Å². The van der Waals surface area contributed by atoms with Gasteiger partial charge in [-0.15, -0.1) is 11.3 Å². The second-order valence-electron chi connectivity index (χ2n) is 7.17. The molecule has 0 aromatic carbocycles. The van der Waals surface area contributed by atoms with Gasteiger partial charge in [0.1, 0.15) is 4.88 Å². The Hall–Kier alpha value is -0.920. The predicted molar refractivity (Wildman–Crippen MR) is 110 cm³/mol. The standard InChI is InChI=1S/C15H19ClF3NO2S.C2H7NO3S/c1-8(2)20-5-3-9(4-6-20)11-10(7-15(17,18)19)12(14(21)22)23-13(11)16;3-1-2-7(4,5)6/h8-9H,3-7H2,1-2H3,(H,21,22);1-3H2,(H,4,5,6). The van der Waals surface area contributed by atoms with E-state index in [4.69, 9.17) is 21.9 Å². The van der Waals surface area contributed by atoms with Crippen molar-refractivity contribution in [3.05, 3.63) is 20.3 Å². The van der Waals surface area contributed by atoms with Crippen LogP contribution in [0.4, 0.5) is 13.2 Å². The summed E-state index contributed by atoms with van der Waals surface area (Å²) in [6.07, 6.45) is -4.31. The molecule has 1 aromatic rings. The van der Waals surface area contributed by atoms with Crippen LogP contribution >= 0.6 is 22.9 Å². The summed E-state index contributed by atoms with van der Waals surface area (Å²) < 4.78 is 66.1. The molecule has 1 aliphatic heterocycles. The second-order valence-corrected chi connectivity index (χ2v) is 10.4. The first-order valence-electron chi connectivity index (χ1n) is 9.16. The minimum absolute atomic E-state index is 0.0289. The third-order valence-corrected chi connectivity index (χ3v) is 6.83. The van der Waals surface area contributed by atoms with Crippen molar-refractivity contribution in [3.63, 3.8) is 0 Å². The van der Waals surface area contributed by atoms with Gasteiger partial charge in [0.05, 0.1) is 16.5 Å². The summed E-state index contributed by atoms with van der Waals surface area (Å²) in [4.78, 5) is 13.3. The Morgan fingerprint density at radius 3 is 2.20 bits per heavy atom. The van der Waals surface area contributed by atoms with Crippen LogP contribution < -0.4 is 5.73 Å². The van der Waals surface area contributed by atoms with Gasteiger partial charge in [-0.1, -0.05) is 11.6 Å². The molecule has 174 valence electrons. The van der Waals surface area contributed by atoms with Crippen molar-refractivity contribution in [2.45, 2.75) is 51.2 Å². The summed E-state index contributed by atoms with van der Waals surface area (Å²) in [5.74, 6) is -1.81. The largest absolute Gasteiger partial charge is 0.477 e. The van der Waals surface area contributed by atoms with Crippen molar-refractivity contribution in [3.8, 4) is 0 Å². The summed E-state index contributed by atoms with van der Waals surface area (Å²) in [6.45, 7) is 5.69. The van der Waals surface area contributed by atoms with Gasteiger partial charge in [0, 0.05) is 12.6 Å². The fourth-order valence-corrected chi connectivity index (χ4v) is 5.03. The molecule has 0 amide bonds. The number of halogens is 4.